The van der Waals surface area contributed by atoms with Crippen molar-refractivity contribution in [3.63, 3.8) is 0 Å². The van der Waals surface area contributed by atoms with E-state index in [-0.39, 0.29) is 0 Å². The van der Waals surface area contributed by atoms with Gasteiger partial charge in [0.2, 0.25) is 0 Å². The summed E-state index contributed by atoms with van der Waals surface area (Å²) in [5, 5.41) is 1.01. The molecule has 0 fully saturated rings. The average Bonchev–Trinajstić information content (AvgIpc) is 2.74. The summed E-state index contributed by atoms with van der Waals surface area (Å²) in [6.45, 7) is 0. The molecule has 0 saturated carbocycles. The molecule has 3 aromatic rings. The smallest absolute Gasteiger partial charge is 0.128 e. The zero-order chi connectivity index (χ0) is 11.1. The molecule has 2 aromatic heterocycles. The maximum absolute atomic E-state index is 5.47. The van der Waals surface area contributed by atoms with Crippen LogP contribution in [0.3, 0.4) is 0 Å². The number of para-hydroxylation sites is 1. The number of nitrogens with one attached hydrogen (secondary N) is 1. The monoisotopic (exact) mass is 244 g/mol. The summed E-state index contributed by atoms with van der Waals surface area (Å²) >= 11 is 10.8. The maximum Gasteiger partial charge on any atom is 0.128 e. The molecule has 0 bridgehead atoms. The molecule has 0 amide bonds. The second kappa shape index (κ2) is 3.50. The highest BCUT2D eigenvalue weighted by molar-refractivity contribution is 7.72. The Labute approximate surface area is 102 Å². The summed E-state index contributed by atoms with van der Waals surface area (Å²) in [5.41, 5.74) is 1.91. The number of fused-ring (bicyclic) bond motifs is 2. The molecule has 0 aliphatic carbocycles. The summed E-state index contributed by atoms with van der Waals surface area (Å²) in [4.78, 5) is 3.22. The third-order valence-corrected chi connectivity index (χ3v) is 3.33. The van der Waals surface area contributed by atoms with Crippen molar-refractivity contribution >= 4 is 40.9 Å². The number of aromatic nitrogens is 2. The van der Waals surface area contributed by atoms with Crippen molar-refractivity contribution in [2.45, 2.75) is 0 Å². The second-order valence-corrected chi connectivity index (χ2v) is 4.36. The zero-order valence-electron chi connectivity index (χ0n) is 8.31. The molecule has 1 N–H and O–H groups in total. The number of hydrogen-bond donors (Lipinski definition) is 1. The Hall–Kier alpha value is -1.52. The van der Waals surface area contributed by atoms with E-state index >= 15 is 0 Å². The van der Waals surface area contributed by atoms with E-state index in [9.17, 15) is 0 Å². The predicted molar refractivity (Wildman–Crippen MR) is 70.9 cm³/mol. The molecule has 16 heavy (non-hydrogen) atoms. The van der Waals surface area contributed by atoms with Gasteiger partial charge in [-0.3, -0.25) is 0 Å². The first-order valence-corrected chi connectivity index (χ1v) is 5.71. The lowest BCUT2D eigenvalue weighted by atomic mass is 10.2. The largest absolute Gasteiger partial charge is 0.344 e. The van der Waals surface area contributed by atoms with Gasteiger partial charge in [-0.15, -0.1) is 0 Å². The molecule has 0 aliphatic rings. The van der Waals surface area contributed by atoms with Gasteiger partial charge in [0.1, 0.15) is 9.28 Å². The van der Waals surface area contributed by atoms with Crippen molar-refractivity contribution in [1.82, 2.24) is 9.38 Å². The van der Waals surface area contributed by atoms with Gasteiger partial charge in [0.05, 0.1) is 5.52 Å². The highest BCUT2D eigenvalue weighted by atomic mass is 32.1. The molecule has 78 valence electrons. The lowest BCUT2D eigenvalue weighted by Crippen LogP contribution is -1.79. The van der Waals surface area contributed by atoms with E-state index in [0.29, 0.717) is 4.64 Å². The van der Waals surface area contributed by atoms with E-state index in [1.807, 2.05) is 47.0 Å². The molecule has 2 heterocycles. The fourth-order valence-electron chi connectivity index (χ4n) is 1.84. The molecule has 0 radical (unpaired) electrons. The standard InChI is InChI=1S/C12H8N2S2/c15-11-10-6-3-7-14(10)12(16)8-4-1-2-5-9(8)13-11/h1-7H,(H,13,15). The number of nitrogens with zero attached hydrogens (tertiary/aromatic N) is 1. The lowest BCUT2D eigenvalue weighted by Gasteiger charge is -1.90. The van der Waals surface area contributed by atoms with Crippen LogP contribution in [0, 0.1) is 9.28 Å². The lowest BCUT2D eigenvalue weighted by molar-refractivity contribution is 1.20. The minimum Gasteiger partial charge on any atom is -0.344 e. The normalized spacial score (nSPS) is 11.0. The molecule has 0 unspecified atom stereocenters. The van der Waals surface area contributed by atoms with Gasteiger partial charge in [-0.2, -0.15) is 0 Å². The number of benzene rings is 1. The van der Waals surface area contributed by atoms with Gasteiger partial charge in [-0.1, -0.05) is 36.6 Å². The third-order valence-electron chi connectivity index (χ3n) is 2.61. The van der Waals surface area contributed by atoms with E-state index in [1.54, 1.807) is 0 Å². The molecule has 0 saturated heterocycles. The van der Waals surface area contributed by atoms with Crippen LogP contribution in [-0.2, 0) is 0 Å². The summed E-state index contributed by atoms with van der Waals surface area (Å²) in [6, 6.07) is 11.8. The Kier molecular flexibility index (Phi) is 2.12. The Bertz CT molecular complexity index is 799. The SMILES string of the molecule is S=c1[nH]c2ccccc2c(=S)n2cccc12. The molecular weight excluding hydrogens is 236 g/mol. The van der Waals surface area contributed by atoms with Crippen LogP contribution in [0.5, 0.6) is 0 Å². The van der Waals surface area contributed by atoms with Crippen LogP contribution < -0.4 is 0 Å². The van der Waals surface area contributed by atoms with Crippen molar-refractivity contribution in [1.29, 1.82) is 0 Å². The summed E-state index contributed by atoms with van der Waals surface area (Å²) in [7, 11) is 0. The highest BCUT2D eigenvalue weighted by Crippen LogP contribution is 2.15. The van der Waals surface area contributed by atoms with Gasteiger partial charge in [0.15, 0.2) is 0 Å². The van der Waals surface area contributed by atoms with E-state index in [2.05, 4.69) is 4.98 Å². The Morgan fingerprint density at radius 1 is 1.00 bits per heavy atom. The maximum atomic E-state index is 5.47. The van der Waals surface area contributed by atoms with Crippen molar-refractivity contribution in [2.24, 2.45) is 0 Å². The Morgan fingerprint density at radius 3 is 2.69 bits per heavy atom. The number of rotatable bonds is 0. The van der Waals surface area contributed by atoms with Gasteiger partial charge in [0.25, 0.3) is 0 Å². The zero-order valence-corrected chi connectivity index (χ0v) is 9.94. The fraction of sp³-hybridized carbons (Fsp3) is 0. The summed E-state index contributed by atoms with van der Waals surface area (Å²) in [6.07, 6.45) is 1.94. The first-order valence-electron chi connectivity index (χ1n) is 4.90. The highest BCUT2D eigenvalue weighted by Gasteiger charge is 1.99. The minimum atomic E-state index is 0.706. The number of H-pyrrole nitrogens is 1. The summed E-state index contributed by atoms with van der Waals surface area (Å²) < 4.78 is 3.43. The number of aromatic amines is 1. The van der Waals surface area contributed by atoms with Gasteiger partial charge in [0, 0.05) is 17.1 Å². The first kappa shape index (κ1) is 9.69. The van der Waals surface area contributed by atoms with Crippen LogP contribution in [0.1, 0.15) is 0 Å². The van der Waals surface area contributed by atoms with Crippen LogP contribution in [0.2, 0.25) is 0 Å². The van der Waals surface area contributed by atoms with E-state index in [4.69, 9.17) is 24.4 Å². The van der Waals surface area contributed by atoms with Crippen LogP contribution in [0.25, 0.3) is 16.4 Å². The third kappa shape index (κ3) is 1.31. The van der Waals surface area contributed by atoms with Crippen molar-refractivity contribution in [3.8, 4) is 0 Å². The van der Waals surface area contributed by atoms with Crippen molar-refractivity contribution < 1.29 is 0 Å². The van der Waals surface area contributed by atoms with Gasteiger partial charge >= 0.3 is 0 Å². The molecule has 0 aliphatic heterocycles. The van der Waals surface area contributed by atoms with E-state index in [0.717, 1.165) is 21.1 Å². The summed E-state index contributed by atoms with van der Waals surface area (Å²) in [5.74, 6) is 0. The molecule has 0 atom stereocenters. The molecular formula is C12H8N2S2. The fourth-order valence-corrected chi connectivity index (χ4v) is 2.45. The molecule has 2 nitrogen and oxygen atoms in total. The van der Waals surface area contributed by atoms with Crippen LogP contribution >= 0.6 is 24.4 Å². The topological polar surface area (TPSA) is 20.2 Å². The van der Waals surface area contributed by atoms with Gasteiger partial charge in [-0.25, -0.2) is 0 Å². The molecule has 4 heteroatoms. The predicted octanol–water partition coefficient (Wildman–Crippen LogP) is 3.88. The molecule has 3 rings (SSSR count). The van der Waals surface area contributed by atoms with Gasteiger partial charge in [-0.05, 0) is 24.3 Å². The second-order valence-electron chi connectivity index (χ2n) is 3.57. The van der Waals surface area contributed by atoms with Crippen LogP contribution in [-0.4, -0.2) is 9.38 Å². The van der Waals surface area contributed by atoms with Crippen LogP contribution in [0.4, 0.5) is 0 Å². The molecule has 1 aromatic carbocycles. The minimum absolute atomic E-state index is 0.706. The van der Waals surface area contributed by atoms with Crippen molar-refractivity contribution in [3.05, 3.63) is 51.9 Å². The van der Waals surface area contributed by atoms with Crippen LogP contribution in [0.15, 0.2) is 42.6 Å². The van der Waals surface area contributed by atoms with Crippen molar-refractivity contribution in [2.75, 3.05) is 0 Å². The average molecular weight is 244 g/mol. The van der Waals surface area contributed by atoms with Gasteiger partial charge < -0.3 is 9.38 Å². The molecule has 0 spiro atoms. The number of hydrogen-bond acceptors (Lipinski definition) is 2. The van der Waals surface area contributed by atoms with E-state index < -0.39 is 0 Å². The Balaban J connectivity index is 2.80. The quantitative estimate of drug-likeness (QED) is 0.606. The Morgan fingerprint density at radius 2 is 1.81 bits per heavy atom. The van der Waals surface area contributed by atoms with E-state index in [1.165, 1.54) is 0 Å². The first-order chi connectivity index (χ1) is 7.77.